The molecule has 0 bridgehead atoms. The first kappa shape index (κ1) is 15.3. The fraction of sp³-hybridized carbons (Fsp3) is 0.538. The van der Waals surface area contributed by atoms with E-state index in [0.717, 1.165) is 37.6 Å². The molecule has 1 heterocycles. The molecule has 1 aliphatic rings. The Bertz CT molecular complexity index is 570. The van der Waals surface area contributed by atoms with Crippen molar-refractivity contribution < 1.29 is 17.2 Å². The highest BCUT2D eigenvalue weighted by Gasteiger charge is 2.29. The van der Waals surface area contributed by atoms with Gasteiger partial charge < -0.3 is 5.32 Å². The number of sulfonamides is 1. The maximum absolute atomic E-state index is 13.2. The summed E-state index contributed by atoms with van der Waals surface area (Å²) < 4.78 is 52.1. The molecule has 0 spiro atoms. The number of benzene rings is 1. The highest BCUT2D eigenvalue weighted by atomic mass is 32.2. The second kappa shape index (κ2) is 6.15. The molecule has 1 fully saturated rings. The molecule has 1 aromatic carbocycles. The minimum absolute atomic E-state index is 0.191. The molecule has 0 saturated carbocycles. The monoisotopic (exact) mass is 304 g/mol. The highest BCUT2D eigenvalue weighted by Crippen LogP contribution is 2.24. The molecule has 0 unspecified atom stereocenters. The van der Waals surface area contributed by atoms with E-state index < -0.39 is 21.7 Å². The Labute approximate surface area is 117 Å². The van der Waals surface area contributed by atoms with Crippen molar-refractivity contribution in [2.45, 2.75) is 17.7 Å². The number of halogens is 2. The first-order valence-electron chi connectivity index (χ1n) is 6.55. The summed E-state index contributed by atoms with van der Waals surface area (Å²) in [5, 5.41) is 3.08. The molecule has 2 rings (SSSR count). The lowest BCUT2D eigenvalue weighted by molar-refractivity contribution is 0.270. The summed E-state index contributed by atoms with van der Waals surface area (Å²) in [7, 11) is -1.87. The van der Waals surface area contributed by atoms with Gasteiger partial charge in [-0.2, -0.15) is 4.31 Å². The zero-order chi connectivity index (χ0) is 14.8. The highest BCUT2D eigenvalue weighted by molar-refractivity contribution is 7.89. The lowest BCUT2D eigenvalue weighted by Gasteiger charge is -2.31. The lowest BCUT2D eigenvalue weighted by atomic mass is 9.98. The SMILES string of the molecule is CNCC1CCN(S(=O)(=O)c2ccc(F)c(F)c2)CC1. The van der Waals surface area contributed by atoms with Crippen LogP contribution in [-0.2, 0) is 10.0 Å². The predicted molar refractivity (Wildman–Crippen MR) is 71.8 cm³/mol. The first-order valence-corrected chi connectivity index (χ1v) is 7.99. The van der Waals surface area contributed by atoms with Gasteiger partial charge in [0, 0.05) is 13.1 Å². The van der Waals surface area contributed by atoms with Gasteiger partial charge in [0.2, 0.25) is 10.0 Å². The van der Waals surface area contributed by atoms with Crippen molar-refractivity contribution in [3.05, 3.63) is 29.8 Å². The van der Waals surface area contributed by atoms with Gasteiger partial charge in [-0.15, -0.1) is 0 Å². The van der Waals surface area contributed by atoms with Crippen molar-refractivity contribution in [2.75, 3.05) is 26.7 Å². The number of nitrogens with one attached hydrogen (secondary N) is 1. The first-order chi connectivity index (χ1) is 9.45. The van der Waals surface area contributed by atoms with E-state index in [1.54, 1.807) is 0 Å². The molecule has 0 radical (unpaired) electrons. The molecule has 0 amide bonds. The minimum atomic E-state index is -3.73. The van der Waals surface area contributed by atoms with Crippen molar-refractivity contribution in [1.82, 2.24) is 9.62 Å². The Hall–Kier alpha value is -1.05. The van der Waals surface area contributed by atoms with E-state index in [4.69, 9.17) is 0 Å². The van der Waals surface area contributed by atoms with E-state index in [0.29, 0.717) is 19.0 Å². The number of hydrogen-bond donors (Lipinski definition) is 1. The van der Waals surface area contributed by atoms with Crippen LogP contribution in [0.2, 0.25) is 0 Å². The number of rotatable bonds is 4. The summed E-state index contributed by atoms with van der Waals surface area (Å²) in [5.74, 6) is -1.73. The zero-order valence-electron chi connectivity index (χ0n) is 11.3. The summed E-state index contributed by atoms with van der Waals surface area (Å²) in [5.41, 5.74) is 0. The number of piperidine rings is 1. The van der Waals surface area contributed by atoms with Crippen molar-refractivity contribution in [2.24, 2.45) is 5.92 Å². The third kappa shape index (κ3) is 3.16. The van der Waals surface area contributed by atoms with Crippen LogP contribution in [0.1, 0.15) is 12.8 Å². The van der Waals surface area contributed by atoms with E-state index >= 15 is 0 Å². The van der Waals surface area contributed by atoms with Gasteiger partial charge in [-0.1, -0.05) is 0 Å². The van der Waals surface area contributed by atoms with Crippen LogP contribution in [0.5, 0.6) is 0 Å². The second-order valence-electron chi connectivity index (χ2n) is 4.98. The molecule has 0 aromatic heterocycles. The van der Waals surface area contributed by atoms with Crippen LogP contribution in [0.15, 0.2) is 23.1 Å². The third-order valence-electron chi connectivity index (χ3n) is 3.60. The Balaban J connectivity index is 2.13. The predicted octanol–water partition coefficient (Wildman–Crippen LogP) is 1.58. The normalized spacial score (nSPS) is 18.4. The molecule has 4 nitrogen and oxygen atoms in total. The van der Waals surface area contributed by atoms with Crippen LogP contribution in [-0.4, -0.2) is 39.4 Å². The molecule has 1 aromatic rings. The third-order valence-corrected chi connectivity index (χ3v) is 5.49. The van der Waals surface area contributed by atoms with E-state index in [1.165, 1.54) is 4.31 Å². The van der Waals surface area contributed by atoms with E-state index in [9.17, 15) is 17.2 Å². The Morgan fingerprint density at radius 2 is 1.90 bits per heavy atom. The van der Waals surface area contributed by atoms with Crippen LogP contribution >= 0.6 is 0 Å². The average Bonchev–Trinajstić information content (AvgIpc) is 2.43. The van der Waals surface area contributed by atoms with Crippen LogP contribution in [0.3, 0.4) is 0 Å². The summed E-state index contributed by atoms with van der Waals surface area (Å²) in [6, 6.07) is 2.69. The molecule has 20 heavy (non-hydrogen) atoms. The molecule has 7 heteroatoms. The summed E-state index contributed by atoms with van der Waals surface area (Å²) in [6.07, 6.45) is 1.54. The molecule has 112 valence electrons. The van der Waals surface area contributed by atoms with E-state index in [-0.39, 0.29) is 4.90 Å². The van der Waals surface area contributed by atoms with E-state index in [1.807, 2.05) is 7.05 Å². The minimum Gasteiger partial charge on any atom is -0.319 e. The molecule has 1 aliphatic heterocycles. The lowest BCUT2D eigenvalue weighted by Crippen LogP contribution is -2.40. The van der Waals surface area contributed by atoms with Gasteiger partial charge in [0.25, 0.3) is 0 Å². The van der Waals surface area contributed by atoms with Crippen LogP contribution in [0.4, 0.5) is 8.78 Å². The smallest absolute Gasteiger partial charge is 0.243 e. The maximum atomic E-state index is 13.2. The Morgan fingerprint density at radius 3 is 2.45 bits per heavy atom. The maximum Gasteiger partial charge on any atom is 0.243 e. The van der Waals surface area contributed by atoms with Crippen LogP contribution in [0, 0.1) is 17.6 Å². The van der Waals surface area contributed by atoms with Gasteiger partial charge in [-0.05, 0) is 50.6 Å². The van der Waals surface area contributed by atoms with Crippen molar-refractivity contribution in [3.63, 3.8) is 0 Å². The van der Waals surface area contributed by atoms with Crippen molar-refractivity contribution in [1.29, 1.82) is 0 Å². The largest absolute Gasteiger partial charge is 0.319 e. The van der Waals surface area contributed by atoms with Gasteiger partial charge in [-0.25, -0.2) is 17.2 Å². The number of nitrogens with zero attached hydrogens (tertiary/aromatic N) is 1. The van der Waals surface area contributed by atoms with Gasteiger partial charge >= 0.3 is 0 Å². The second-order valence-corrected chi connectivity index (χ2v) is 6.92. The topological polar surface area (TPSA) is 49.4 Å². The molecule has 1 saturated heterocycles. The molecule has 0 aliphatic carbocycles. The average molecular weight is 304 g/mol. The Morgan fingerprint density at radius 1 is 1.25 bits per heavy atom. The fourth-order valence-corrected chi connectivity index (χ4v) is 3.91. The van der Waals surface area contributed by atoms with Gasteiger partial charge in [0.05, 0.1) is 4.90 Å². The van der Waals surface area contributed by atoms with Gasteiger partial charge in [0.15, 0.2) is 11.6 Å². The summed E-state index contributed by atoms with van der Waals surface area (Å²) in [6.45, 7) is 1.68. The molecule has 0 atom stereocenters. The number of hydrogen-bond acceptors (Lipinski definition) is 3. The molecule has 1 N–H and O–H groups in total. The van der Waals surface area contributed by atoms with Crippen LogP contribution < -0.4 is 5.32 Å². The standard InChI is InChI=1S/C13H18F2N2O2S/c1-16-9-10-4-6-17(7-5-10)20(18,19)11-2-3-12(14)13(15)8-11/h2-3,8,10,16H,4-7,9H2,1H3. The zero-order valence-corrected chi connectivity index (χ0v) is 12.1. The van der Waals surface area contributed by atoms with Crippen molar-refractivity contribution in [3.8, 4) is 0 Å². The molecular weight excluding hydrogens is 286 g/mol. The quantitative estimate of drug-likeness (QED) is 0.919. The van der Waals surface area contributed by atoms with Crippen LogP contribution in [0.25, 0.3) is 0 Å². The van der Waals surface area contributed by atoms with Gasteiger partial charge in [0.1, 0.15) is 0 Å². The molecular formula is C13H18F2N2O2S. The summed E-state index contributed by atoms with van der Waals surface area (Å²) in [4.78, 5) is -0.191. The van der Waals surface area contributed by atoms with Gasteiger partial charge in [-0.3, -0.25) is 0 Å². The Kier molecular flexibility index (Phi) is 4.72. The summed E-state index contributed by atoms with van der Waals surface area (Å²) >= 11 is 0. The van der Waals surface area contributed by atoms with E-state index in [2.05, 4.69) is 5.32 Å². The van der Waals surface area contributed by atoms with Crippen molar-refractivity contribution >= 4 is 10.0 Å². The fourth-order valence-electron chi connectivity index (χ4n) is 2.43.